The molecule has 0 aromatic heterocycles. The molecular formula is C34H34N2O6. The van der Waals surface area contributed by atoms with Gasteiger partial charge in [-0.15, -0.1) is 0 Å². The van der Waals surface area contributed by atoms with Crippen LogP contribution in [0.3, 0.4) is 0 Å². The minimum Gasteiger partial charge on any atom is -0.494 e. The average Bonchev–Trinajstić information content (AvgIpc) is 3.26. The third-order valence-electron chi connectivity index (χ3n) is 8.62. The first-order chi connectivity index (χ1) is 20.5. The van der Waals surface area contributed by atoms with E-state index < -0.39 is 11.9 Å². The van der Waals surface area contributed by atoms with Gasteiger partial charge in [0.2, 0.25) is 11.8 Å². The number of anilines is 1. The SMILES string of the molecule is CCOc1ccc(NC(=O)COC(=O)CCCCCN2C(=O)[C@@H]3C4c5ccccc5C(c5ccccc54)[C@@H]3C2=O)cc1. The Morgan fingerprint density at radius 1 is 0.762 bits per heavy atom. The van der Waals surface area contributed by atoms with E-state index in [1.54, 1.807) is 24.3 Å². The van der Waals surface area contributed by atoms with Gasteiger partial charge in [-0.25, -0.2) is 0 Å². The van der Waals surface area contributed by atoms with Crippen molar-refractivity contribution in [3.8, 4) is 5.75 Å². The molecule has 7 rings (SSSR count). The number of hydrogen-bond acceptors (Lipinski definition) is 6. The summed E-state index contributed by atoms with van der Waals surface area (Å²) in [6.45, 7) is 2.43. The maximum absolute atomic E-state index is 13.6. The molecule has 0 unspecified atom stereocenters. The molecule has 0 radical (unpaired) electrons. The van der Waals surface area contributed by atoms with Crippen LogP contribution in [0.15, 0.2) is 72.8 Å². The number of likely N-dealkylation sites (tertiary alicyclic amines) is 1. The molecule has 1 fully saturated rings. The van der Waals surface area contributed by atoms with Crippen molar-refractivity contribution in [3.05, 3.63) is 95.1 Å². The van der Waals surface area contributed by atoms with Gasteiger partial charge in [-0.2, -0.15) is 0 Å². The fourth-order valence-corrected chi connectivity index (χ4v) is 6.89. The van der Waals surface area contributed by atoms with Crippen LogP contribution in [0.2, 0.25) is 0 Å². The number of imide groups is 1. The summed E-state index contributed by atoms with van der Waals surface area (Å²) < 4.78 is 10.5. The zero-order chi connectivity index (χ0) is 29.2. The number of rotatable bonds is 11. The summed E-state index contributed by atoms with van der Waals surface area (Å²) in [6.07, 6.45) is 1.98. The van der Waals surface area contributed by atoms with Crippen LogP contribution in [0.5, 0.6) is 5.75 Å². The largest absolute Gasteiger partial charge is 0.494 e. The summed E-state index contributed by atoms with van der Waals surface area (Å²) in [5, 5.41) is 2.68. The molecule has 0 saturated carbocycles. The Kier molecular flexibility index (Phi) is 7.78. The van der Waals surface area contributed by atoms with Crippen molar-refractivity contribution >= 4 is 29.4 Å². The minimum atomic E-state index is -0.455. The van der Waals surface area contributed by atoms with Gasteiger partial charge in [-0.05, 0) is 66.3 Å². The van der Waals surface area contributed by atoms with Crippen LogP contribution in [-0.2, 0) is 23.9 Å². The van der Waals surface area contributed by atoms with Gasteiger partial charge in [0.1, 0.15) is 5.75 Å². The van der Waals surface area contributed by atoms with Crippen molar-refractivity contribution in [2.75, 3.05) is 25.1 Å². The van der Waals surface area contributed by atoms with Gasteiger partial charge in [0.25, 0.3) is 5.91 Å². The number of amides is 3. The predicted octanol–water partition coefficient (Wildman–Crippen LogP) is 5.02. The highest BCUT2D eigenvalue weighted by atomic mass is 16.5. The normalized spacial score (nSPS) is 21.4. The number of nitrogens with zero attached hydrogens (tertiary/aromatic N) is 1. The van der Waals surface area contributed by atoms with E-state index in [0.717, 1.165) is 22.3 Å². The summed E-state index contributed by atoms with van der Waals surface area (Å²) in [5.74, 6) is -1.26. The first-order valence-electron chi connectivity index (χ1n) is 14.7. The lowest BCUT2D eigenvalue weighted by Crippen LogP contribution is -2.41. The Morgan fingerprint density at radius 2 is 1.31 bits per heavy atom. The van der Waals surface area contributed by atoms with Crippen molar-refractivity contribution in [2.24, 2.45) is 11.8 Å². The molecule has 2 bridgehead atoms. The second-order valence-electron chi connectivity index (χ2n) is 11.1. The topological polar surface area (TPSA) is 102 Å². The van der Waals surface area contributed by atoms with E-state index in [1.807, 2.05) is 31.2 Å². The number of nitrogens with one attached hydrogen (secondary N) is 1. The maximum Gasteiger partial charge on any atom is 0.306 e. The monoisotopic (exact) mass is 566 g/mol. The number of ether oxygens (including phenoxy) is 2. The van der Waals surface area contributed by atoms with Crippen molar-refractivity contribution in [3.63, 3.8) is 0 Å². The Bertz CT molecular complexity index is 1400. The van der Waals surface area contributed by atoms with E-state index in [4.69, 9.17) is 9.47 Å². The summed E-state index contributed by atoms with van der Waals surface area (Å²) in [7, 11) is 0. The molecule has 42 heavy (non-hydrogen) atoms. The van der Waals surface area contributed by atoms with Gasteiger partial charge < -0.3 is 14.8 Å². The van der Waals surface area contributed by atoms with Crippen molar-refractivity contribution in [2.45, 2.75) is 44.4 Å². The van der Waals surface area contributed by atoms with E-state index in [0.29, 0.717) is 43.9 Å². The zero-order valence-electron chi connectivity index (χ0n) is 23.6. The lowest BCUT2D eigenvalue weighted by molar-refractivity contribution is -0.147. The number of carbonyl (C=O) groups is 4. The maximum atomic E-state index is 13.6. The second-order valence-corrected chi connectivity index (χ2v) is 11.1. The van der Waals surface area contributed by atoms with Gasteiger partial charge in [-0.1, -0.05) is 55.0 Å². The highest BCUT2D eigenvalue weighted by Gasteiger charge is 2.61. The summed E-state index contributed by atoms with van der Waals surface area (Å²) in [6, 6.07) is 23.4. The van der Waals surface area contributed by atoms with Gasteiger partial charge in [-0.3, -0.25) is 24.1 Å². The average molecular weight is 567 g/mol. The number of carbonyl (C=O) groups excluding carboxylic acids is 4. The number of hydrogen-bond donors (Lipinski definition) is 1. The zero-order valence-corrected chi connectivity index (χ0v) is 23.6. The lowest BCUT2D eigenvalue weighted by Gasteiger charge is -2.45. The highest BCUT2D eigenvalue weighted by Crippen LogP contribution is 2.60. The van der Waals surface area contributed by atoms with Crippen LogP contribution < -0.4 is 10.1 Å². The molecule has 8 nitrogen and oxygen atoms in total. The van der Waals surface area contributed by atoms with Gasteiger partial charge in [0.15, 0.2) is 6.61 Å². The minimum absolute atomic E-state index is 0.0815. The van der Waals surface area contributed by atoms with Crippen molar-refractivity contribution < 1.29 is 28.7 Å². The Labute approximate surface area is 245 Å². The van der Waals surface area contributed by atoms with E-state index in [2.05, 4.69) is 29.6 Å². The molecule has 3 aliphatic carbocycles. The van der Waals surface area contributed by atoms with Gasteiger partial charge in [0, 0.05) is 30.5 Å². The van der Waals surface area contributed by atoms with Crippen LogP contribution in [0.1, 0.15) is 66.7 Å². The molecule has 3 amide bonds. The van der Waals surface area contributed by atoms with E-state index in [-0.39, 0.29) is 48.5 Å². The number of benzene rings is 3. The van der Waals surface area contributed by atoms with Crippen LogP contribution in [-0.4, -0.2) is 48.3 Å². The molecule has 1 N–H and O–H groups in total. The molecule has 4 aliphatic rings. The first kappa shape index (κ1) is 27.7. The summed E-state index contributed by atoms with van der Waals surface area (Å²) >= 11 is 0. The fraction of sp³-hybridized carbons (Fsp3) is 0.353. The third kappa shape index (κ3) is 5.06. The first-order valence-corrected chi connectivity index (χ1v) is 14.7. The van der Waals surface area contributed by atoms with Gasteiger partial charge >= 0.3 is 5.97 Å². The second kappa shape index (κ2) is 11.8. The van der Waals surface area contributed by atoms with Crippen molar-refractivity contribution in [1.82, 2.24) is 4.90 Å². The van der Waals surface area contributed by atoms with Gasteiger partial charge in [0.05, 0.1) is 18.4 Å². The lowest BCUT2D eigenvalue weighted by atomic mass is 9.55. The van der Waals surface area contributed by atoms with Crippen LogP contribution in [0.4, 0.5) is 5.69 Å². The Balaban J connectivity index is 0.972. The molecule has 1 heterocycles. The Morgan fingerprint density at radius 3 is 1.83 bits per heavy atom. The highest BCUT2D eigenvalue weighted by molar-refractivity contribution is 6.07. The summed E-state index contributed by atoms with van der Waals surface area (Å²) in [5.41, 5.74) is 5.25. The predicted molar refractivity (Wildman–Crippen MR) is 156 cm³/mol. The Hall–Kier alpha value is -4.46. The quantitative estimate of drug-likeness (QED) is 0.199. The molecule has 2 atom stereocenters. The molecule has 8 heteroatoms. The van der Waals surface area contributed by atoms with Crippen LogP contribution in [0, 0.1) is 11.8 Å². The molecular weight excluding hydrogens is 532 g/mol. The smallest absolute Gasteiger partial charge is 0.306 e. The number of unbranched alkanes of at least 4 members (excludes halogenated alkanes) is 2. The van der Waals surface area contributed by atoms with E-state index in [1.165, 1.54) is 4.90 Å². The molecule has 0 spiro atoms. The third-order valence-corrected chi connectivity index (χ3v) is 8.62. The van der Waals surface area contributed by atoms with Crippen LogP contribution >= 0.6 is 0 Å². The standard InChI is InChI=1S/C34H34N2O6/c1-2-41-22-17-15-21(16-18-22)35-27(37)20-42-28(38)14-4-3-9-19-36-33(39)31-29-23-10-5-6-11-24(23)30(32(31)34(36)40)26-13-8-7-12-25(26)29/h5-8,10-13,15-18,29-32H,2-4,9,14,19-20H2,1H3,(H,35,37)/t29?,30?,31-,32+. The molecule has 1 saturated heterocycles. The molecule has 216 valence electrons. The molecule has 1 aliphatic heterocycles. The summed E-state index contributed by atoms with van der Waals surface area (Å²) in [4.78, 5) is 53.0. The molecule has 3 aromatic rings. The van der Waals surface area contributed by atoms with E-state index >= 15 is 0 Å². The van der Waals surface area contributed by atoms with Crippen LogP contribution in [0.25, 0.3) is 0 Å². The fourth-order valence-electron chi connectivity index (χ4n) is 6.89. The van der Waals surface area contributed by atoms with Crippen molar-refractivity contribution in [1.29, 1.82) is 0 Å². The van der Waals surface area contributed by atoms with E-state index in [9.17, 15) is 19.2 Å². The number of esters is 1. The molecule has 3 aromatic carbocycles.